The maximum atomic E-state index is 13.9. The van der Waals surface area contributed by atoms with Crippen LogP contribution in [0.15, 0.2) is 23.1 Å². The molecule has 2 rings (SSSR count). The summed E-state index contributed by atoms with van der Waals surface area (Å²) in [5, 5.41) is 9.11. The maximum Gasteiger partial charge on any atom is 0.246 e. The molecule has 1 aliphatic rings. The highest BCUT2D eigenvalue weighted by Gasteiger charge is 2.41. The molecule has 0 bridgehead atoms. The first-order chi connectivity index (χ1) is 9.88. The number of nitrogens with zero attached hydrogens (tertiary/aromatic N) is 1. The molecule has 0 radical (unpaired) electrons. The smallest absolute Gasteiger partial charge is 0.246 e. The second kappa shape index (κ2) is 6.02. The summed E-state index contributed by atoms with van der Waals surface area (Å²) in [6.07, 6.45) is 2.63. The van der Waals surface area contributed by atoms with Crippen LogP contribution in [0.3, 0.4) is 0 Å². The standard InChI is InChI=1S/C15H22FNO3S/c1-3-15(4-2)7-8-17(11-15)21(19,20)14-9-12(10-18)5-6-13(14)16/h5-6,9,18H,3-4,7-8,10-11H2,1-2H3. The van der Waals surface area contributed by atoms with E-state index in [2.05, 4.69) is 13.8 Å². The Bertz CT molecular complexity index is 611. The lowest BCUT2D eigenvalue weighted by molar-refractivity contribution is 0.278. The molecule has 4 nitrogen and oxygen atoms in total. The maximum absolute atomic E-state index is 13.9. The number of benzene rings is 1. The van der Waals surface area contributed by atoms with Crippen molar-refractivity contribution < 1.29 is 17.9 Å². The first-order valence-electron chi connectivity index (χ1n) is 7.28. The molecular weight excluding hydrogens is 293 g/mol. The van der Waals surface area contributed by atoms with Crippen molar-refractivity contribution in [1.82, 2.24) is 4.31 Å². The molecule has 0 amide bonds. The van der Waals surface area contributed by atoms with Crippen LogP contribution in [-0.4, -0.2) is 30.9 Å². The normalized spacial score (nSPS) is 19.0. The van der Waals surface area contributed by atoms with Gasteiger partial charge in [-0.1, -0.05) is 19.9 Å². The van der Waals surface area contributed by atoms with E-state index in [1.807, 2.05) is 0 Å². The lowest BCUT2D eigenvalue weighted by Gasteiger charge is -2.26. The van der Waals surface area contributed by atoms with Gasteiger partial charge in [-0.2, -0.15) is 4.31 Å². The first kappa shape index (κ1) is 16.4. The van der Waals surface area contributed by atoms with Gasteiger partial charge in [0.05, 0.1) is 6.61 Å². The van der Waals surface area contributed by atoms with E-state index in [-0.39, 0.29) is 16.9 Å². The summed E-state index contributed by atoms with van der Waals surface area (Å²) in [5.74, 6) is -0.766. The average Bonchev–Trinajstić information content (AvgIpc) is 2.93. The van der Waals surface area contributed by atoms with E-state index in [1.54, 1.807) is 0 Å². The van der Waals surface area contributed by atoms with E-state index in [0.717, 1.165) is 25.3 Å². The number of hydrogen-bond acceptors (Lipinski definition) is 3. The third kappa shape index (κ3) is 2.98. The van der Waals surface area contributed by atoms with Gasteiger partial charge in [0.1, 0.15) is 10.7 Å². The molecule has 1 aliphatic heterocycles. The van der Waals surface area contributed by atoms with Crippen molar-refractivity contribution in [2.24, 2.45) is 5.41 Å². The van der Waals surface area contributed by atoms with E-state index in [1.165, 1.54) is 16.4 Å². The molecule has 1 saturated heterocycles. The van der Waals surface area contributed by atoms with Crippen molar-refractivity contribution in [2.45, 2.75) is 44.6 Å². The van der Waals surface area contributed by atoms with Crippen LogP contribution >= 0.6 is 0 Å². The van der Waals surface area contributed by atoms with Gasteiger partial charge in [0.15, 0.2) is 0 Å². The Kier molecular flexibility index (Phi) is 4.70. The molecule has 0 aromatic heterocycles. The predicted octanol–water partition coefficient (Wildman–Crippen LogP) is 2.52. The van der Waals surface area contributed by atoms with Crippen LogP contribution < -0.4 is 0 Å². The van der Waals surface area contributed by atoms with Gasteiger partial charge in [0.2, 0.25) is 10.0 Å². The van der Waals surface area contributed by atoms with Gasteiger partial charge in [0.25, 0.3) is 0 Å². The van der Waals surface area contributed by atoms with Crippen LogP contribution in [0.2, 0.25) is 0 Å². The number of hydrogen-bond donors (Lipinski definition) is 1. The van der Waals surface area contributed by atoms with Crippen LogP contribution in [0.25, 0.3) is 0 Å². The molecule has 0 unspecified atom stereocenters. The second-order valence-electron chi connectivity index (χ2n) is 5.72. The number of aliphatic hydroxyl groups excluding tert-OH is 1. The molecule has 6 heteroatoms. The second-order valence-corrected chi connectivity index (χ2v) is 7.62. The number of aliphatic hydroxyl groups is 1. The van der Waals surface area contributed by atoms with E-state index in [4.69, 9.17) is 5.11 Å². The van der Waals surface area contributed by atoms with Gasteiger partial charge >= 0.3 is 0 Å². The van der Waals surface area contributed by atoms with Gasteiger partial charge in [-0.25, -0.2) is 12.8 Å². The Hall–Kier alpha value is -0.980. The summed E-state index contributed by atoms with van der Waals surface area (Å²) in [7, 11) is -3.85. The zero-order chi connectivity index (χ0) is 15.7. The molecule has 21 heavy (non-hydrogen) atoms. The molecule has 0 aliphatic carbocycles. The summed E-state index contributed by atoms with van der Waals surface area (Å²) < 4.78 is 40.6. The van der Waals surface area contributed by atoms with Crippen LogP contribution in [-0.2, 0) is 16.6 Å². The molecule has 1 aromatic carbocycles. The molecule has 118 valence electrons. The molecule has 0 spiro atoms. The summed E-state index contributed by atoms with van der Waals surface area (Å²) in [4.78, 5) is -0.336. The zero-order valence-electron chi connectivity index (χ0n) is 12.5. The van der Waals surface area contributed by atoms with Crippen LogP contribution in [0, 0.1) is 11.2 Å². The molecule has 0 saturated carbocycles. The van der Waals surface area contributed by atoms with E-state index >= 15 is 0 Å². The third-order valence-electron chi connectivity index (χ3n) is 4.70. The van der Waals surface area contributed by atoms with Crippen molar-refractivity contribution in [2.75, 3.05) is 13.1 Å². The minimum Gasteiger partial charge on any atom is -0.392 e. The summed E-state index contributed by atoms with van der Waals surface area (Å²) in [6.45, 7) is 4.67. The molecule has 0 atom stereocenters. The van der Waals surface area contributed by atoms with Crippen molar-refractivity contribution in [3.8, 4) is 0 Å². The highest BCUT2D eigenvalue weighted by molar-refractivity contribution is 7.89. The number of sulfonamides is 1. The number of rotatable bonds is 5. The molecular formula is C15H22FNO3S. The largest absolute Gasteiger partial charge is 0.392 e. The summed E-state index contributed by atoms with van der Waals surface area (Å²) >= 11 is 0. The predicted molar refractivity (Wildman–Crippen MR) is 78.7 cm³/mol. The van der Waals surface area contributed by atoms with Crippen molar-refractivity contribution >= 4 is 10.0 Å². The molecule has 1 N–H and O–H groups in total. The van der Waals surface area contributed by atoms with Gasteiger partial charge in [-0.05, 0) is 42.4 Å². The zero-order valence-corrected chi connectivity index (χ0v) is 13.3. The van der Waals surface area contributed by atoms with E-state index in [9.17, 15) is 12.8 Å². The van der Waals surface area contributed by atoms with Gasteiger partial charge in [-0.15, -0.1) is 0 Å². The van der Waals surface area contributed by atoms with E-state index in [0.29, 0.717) is 18.7 Å². The van der Waals surface area contributed by atoms with Crippen molar-refractivity contribution in [1.29, 1.82) is 0 Å². The Morgan fingerprint density at radius 3 is 2.52 bits per heavy atom. The Morgan fingerprint density at radius 1 is 1.33 bits per heavy atom. The van der Waals surface area contributed by atoms with Crippen LogP contribution in [0.4, 0.5) is 4.39 Å². The molecule has 1 aromatic rings. The number of halogens is 1. The minimum absolute atomic E-state index is 0.00185. The SMILES string of the molecule is CCC1(CC)CCN(S(=O)(=O)c2cc(CO)ccc2F)C1. The van der Waals surface area contributed by atoms with Crippen LogP contribution in [0.5, 0.6) is 0 Å². The van der Waals surface area contributed by atoms with Crippen molar-refractivity contribution in [3.63, 3.8) is 0 Å². The lowest BCUT2D eigenvalue weighted by Crippen LogP contribution is -2.32. The quantitative estimate of drug-likeness (QED) is 0.908. The lowest BCUT2D eigenvalue weighted by atomic mass is 9.82. The fourth-order valence-electron chi connectivity index (χ4n) is 2.91. The van der Waals surface area contributed by atoms with E-state index < -0.39 is 15.8 Å². The third-order valence-corrected chi connectivity index (χ3v) is 6.56. The Morgan fingerprint density at radius 2 is 2.00 bits per heavy atom. The fraction of sp³-hybridized carbons (Fsp3) is 0.600. The van der Waals surface area contributed by atoms with Crippen molar-refractivity contribution in [3.05, 3.63) is 29.6 Å². The monoisotopic (exact) mass is 315 g/mol. The molecule has 1 fully saturated rings. The highest BCUT2D eigenvalue weighted by Crippen LogP contribution is 2.39. The first-order valence-corrected chi connectivity index (χ1v) is 8.72. The minimum atomic E-state index is -3.85. The Balaban J connectivity index is 2.36. The van der Waals surface area contributed by atoms with Crippen LogP contribution in [0.1, 0.15) is 38.7 Å². The van der Waals surface area contributed by atoms with Gasteiger partial charge in [-0.3, -0.25) is 0 Å². The fourth-order valence-corrected chi connectivity index (χ4v) is 4.58. The summed E-state index contributed by atoms with van der Waals surface area (Å²) in [6, 6.07) is 3.71. The topological polar surface area (TPSA) is 57.6 Å². The van der Waals surface area contributed by atoms with Gasteiger partial charge in [0, 0.05) is 13.1 Å². The highest BCUT2D eigenvalue weighted by atomic mass is 32.2. The summed E-state index contributed by atoms with van der Waals surface area (Å²) in [5.41, 5.74) is 0.393. The molecule has 1 heterocycles. The van der Waals surface area contributed by atoms with Gasteiger partial charge < -0.3 is 5.11 Å². The average molecular weight is 315 g/mol. The Labute approximate surface area is 125 Å².